The molecule has 0 aliphatic rings. The van der Waals surface area contributed by atoms with Gasteiger partial charge in [0.2, 0.25) is 0 Å². The van der Waals surface area contributed by atoms with Gasteiger partial charge in [-0.05, 0) is 62.4 Å². The van der Waals surface area contributed by atoms with Crippen LogP contribution in [0.4, 0.5) is 0 Å². The molecule has 0 saturated carbocycles. The van der Waals surface area contributed by atoms with Crippen molar-refractivity contribution in [2.75, 3.05) is 6.54 Å². The average molecular weight is 461 g/mol. The third-order valence-electron chi connectivity index (χ3n) is 5.66. The number of carbonyl (C=O) groups is 2. The number of ether oxygens (including phenoxy) is 1. The summed E-state index contributed by atoms with van der Waals surface area (Å²) in [5, 5.41) is 13.6. The minimum absolute atomic E-state index is 0.0239. The van der Waals surface area contributed by atoms with Gasteiger partial charge in [0.15, 0.2) is 5.78 Å². The highest BCUT2D eigenvalue weighted by atomic mass is 16.5. The van der Waals surface area contributed by atoms with Gasteiger partial charge in [-0.3, -0.25) is 14.6 Å². The lowest BCUT2D eigenvalue weighted by Crippen LogP contribution is -2.26. The molecule has 2 N–H and O–H groups in total. The normalized spacial score (nSPS) is 10.6. The predicted octanol–water partition coefficient (Wildman–Crippen LogP) is 5.27. The zero-order valence-corrected chi connectivity index (χ0v) is 19.8. The molecule has 0 atom stereocenters. The first-order valence-electron chi connectivity index (χ1n) is 11.7. The number of phenols is 1. The summed E-state index contributed by atoms with van der Waals surface area (Å²) < 4.78 is 6.02. The smallest absolute Gasteiger partial charge is 0.251 e. The molecule has 0 aliphatic carbocycles. The van der Waals surface area contributed by atoms with E-state index < -0.39 is 0 Å². The van der Waals surface area contributed by atoms with E-state index in [0.717, 1.165) is 31.2 Å². The molecule has 3 rings (SSSR count). The van der Waals surface area contributed by atoms with E-state index in [2.05, 4.69) is 16.4 Å². The Balaban J connectivity index is 1.60. The van der Waals surface area contributed by atoms with Crippen molar-refractivity contribution in [2.45, 2.75) is 52.6 Å². The van der Waals surface area contributed by atoms with Crippen molar-refractivity contribution < 1.29 is 19.4 Å². The summed E-state index contributed by atoms with van der Waals surface area (Å²) in [5.74, 6) is 0.173. The molecule has 3 aromatic rings. The van der Waals surface area contributed by atoms with Crippen LogP contribution < -0.4 is 10.1 Å². The fourth-order valence-corrected chi connectivity index (χ4v) is 3.85. The van der Waals surface area contributed by atoms with E-state index in [0.29, 0.717) is 35.4 Å². The molecule has 0 bridgehead atoms. The molecule has 6 heteroatoms. The third-order valence-corrected chi connectivity index (χ3v) is 5.66. The number of carbonyl (C=O) groups excluding carboxylic acids is 2. The molecule has 0 spiro atoms. The summed E-state index contributed by atoms with van der Waals surface area (Å²) in [6, 6.07) is 14.6. The van der Waals surface area contributed by atoms with E-state index in [9.17, 15) is 14.7 Å². The Kier molecular flexibility index (Phi) is 9.21. The van der Waals surface area contributed by atoms with Crippen LogP contribution >= 0.6 is 0 Å². The van der Waals surface area contributed by atoms with Crippen LogP contribution in [0, 0.1) is 0 Å². The predicted molar refractivity (Wildman–Crippen MR) is 132 cm³/mol. The number of rotatable bonds is 12. The number of unbranched alkanes of at least 4 members (excludes halogenated alkanes) is 1. The number of nitrogens with zero attached hydrogens (tertiary/aromatic N) is 1. The minimum Gasteiger partial charge on any atom is -0.507 e. The standard InChI is InChI=1S/C28H32N2O4/c1-3-9-25-26(15-14-23(20(2)31)27(25)32)34-19-22-12-4-5-13-24(22)28(33)30-17-7-6-10-21-11-8-16-29-18-21/h4-5,8,11-16,18,32H,3,6-7,9-10,17,19H2,1-2H3,(H,30,33). The summed E-state index contributed by atoms with van der Waals surface area (Å²) >= 11 is 0. The van der Waals surface area contributed by atoms with Crippen molar-refractivity contribution >= 4 is 11.7 Å². The molecular weight excluding hydrogens is 428 g/mol. The van der Waals surface area contributed by atoms with Gasteiger partial charge < -0.3 is 15.2 Å². The van der Waals surface area contributed by atoms with E-state index in [1.807, 2.05) is 37.4 Å². The first-order valence-corrected chi connectivity index (χ1v) is 11.7. The van der Waals surface area contributed by atoms with Crippen molar-refractivity contribution in [1.82, 2.24) is 10.3 Å². The second-order valence-electron chi connectivity index (χ2n) is 8.26. The van der Waals surface area contributed by atoms with Crippen molar-refractivity contribution in [3.05, 3.63) is 88.7 Å². The van der Waals surface area contributed by atoms with Crippen LogP contribution in [0.5, 0.6) is 11.5 Å². The molecule has 0 aliphatic heterocycles. The monoisotopic (exact) mass is 460 g/mol. The maximum Gasteiger partial charge on any atom is 0.251 e. The van der Waals surface area contributed by atoms with E-state index in [4.69, 9.17) is 4.74 Å². The number of hydrogen-bond donors (Lipinski definition) is 2. The molecular formula is C28H32N2O4. The van der Waals surface area contributed by atoms with Gasteiger partial charge in [-0.2, -0.15) is 0 Å². The Bertz CT molecular complexity index is 1110. The van der Waals surface area contributed by atoms with Gasteiger partial charge in [-0.25, -0.2) is 0 Å². The Morgan fingerprint density at radius 3 is 2.56 bits per heavy atom. The number of benzene rings is 2. The molecule has 0 fully saturated rings. The molecule has 0 saturated heterocycles. The molecule has 6 nitrogen and oxygen atoms in total. The molecule has 0 radical (unpaired) electrons. The summed E-state index contributed by atoms with van der Waals surface area (Å²) in [5.41, 5.74) is 3.43. The van der Waals surface area contributed by atoms with Gasteiger partial charge in [-0.1, -0.05) is 37.6 Å². The van der Waals surface area contributed by atoms with Crippen LogP contribution in [0.2, 0.25) is 0 Å². The van der Waals surface area contributed by atoms with Gasteiger partial charge >= 0.3 is 0 Å². The molecule has 1 aromatic heterocycles. The van der Waals surface area contributed by atoms with Gasteiger partial charge in [0.05, 0.1) is 5.56 Å². The van der Waals surface area contributed by atoms with Gasteiger partial charge in [0.1, 0.15) is 18.1 Å². The van der Waals surface area contributed by atoms with Crippen LogP contribution in [0.25, 0.3) is 0 Å². The lowest BCUT2D eigenvalue weighted by Gasteiger charge is -2.16. The highest BCUT2D eigenvalue weighted by Gasteiger charge is 2.17. The number of aromatic hydroxyl groups is 1. The second kappa shape index (κ2) is 12.5. The Labute approximate surface area is 201 Å². The average Bonchev–Trinajstić information content (AvgIpc) is 2.84. The fourth-order valence-electron chi connectivity index (χ4n) is 3.85. The highest BCUT2D eigenvalue weighted by Crippen LogP contribution is 2.33. The minimum atomic E-state index is -0.191. The number of hydrogen-bond acceptors (Lipinski definition) is 5. The number of Topliss-reactive ketones (excluding diaryl/α,β-unsaturated/α-hetero) is 1. The number of aryl methyl sites for hydroxylation is 1. The van der Waals surface area contributed by atoms with Gasteiger partial charge in [-0.15, -0.1) is 0 Å². The molecule has 2 aromatic carbocycles. The first kappa shape index (κ1) is 25.0. The fraction of sp³-hybridized carbons (Fsp3) is 0.321. The van der Waals surface area contributed by atoms with Crippen molar-refractivity contribution in [3.63, 3.8) is 0 Å². The van der Waals surface area contributed by atoms with E-state index in [-0.39, 0.29) is 24.0 Å². The lowest BCUT2D eigenvalue weighted by molar-refractivity contribution is 0.0949. The Morgan fingerprint density at radius 1 is 1.00 bits per heavy atom. The van der Waals surface area contributed by atoms with Crippen LogP contribution in [0.3, 0.4) is 0 Å². The molecule has 0 unspecified atom stereocenters. The summed E-state index contributed by atoms with van der Waals surface area (Å²) in [6.45, 7) is 4.20. The number of phenolic OH excluding ortho intramolecular Hbond substituents is 1. The quantitative estimate of drug-likeness (QED) is 0.284. The van der Waals surface area contributed by atoms with Crippen LogP contribution in [0.1, 0.15) is 70.5 Å². The van der Waals surface area contributed by atoms with E-state index in [1.165, 1.54) is 12.5 Å². The van der Waals surface area contributed by atoms with Crippen LogP contribution in [-0.2, 0) is 19.4 Å². The maximum absolute atomic E-state index is 12.8. The largest absolute Gasteiger partial charge is 0.507 e. The Hall–Kier alpha value is -3.67. The van der Waals surface area contributed by atoms with Crippen molar-refractivity contribution in [1.29, 1.82) is 0 Å². The number of aromatic nitrogens is 1. The molecule has 34 heavy (non-hydrogen) atoms. The second-order valence-corrected chi connectivity index (χ2v) is 8.26. The summed E-state index contributed by atoms with van der Waals surface area (Å²) in [4.78, 5) is 28.7. The maximum atomic E-state index is 12.8. The van der Waals surface area contributed by atoms with Crippen LogP contribution in [-0.4, -0.2) is 28.3 Å². The van der Waals surface area contributed by atoms with Gasteiger partial charge in [0.25, 0.3) is 5.91 Å². The summed E-state index contributed by atoms with van der Waals surface area (Å²) in [7, 11) is 0. The number of pyridine rings is 1. The molecule has 1 heterocycles. The number of ketones is 1. The Morgan fingerprint density at radius 2 is 1.82 bits per heavy atom. The SMILES string of the molecule is CCCc1c(OCc2ccccc2C(=O)NCCCCc2cccnc2)ccc(C(C)=O)c1O. The number of amides is 1. The van der Waals surface area contributed by atoms with Gasteiger partial charge in [0, 0.05) is 35.6 Å². The first-order chi connectivity index (χ1) is 16.5. The zero-order valence-electron chi connectivity index (χ0n) is 19.8. The molecule has 1 amide bonds. The highest BCUT2D eigenvalue weighted by molar-refractivity contribution is 5.97. The van der Waals surface area contributed by atoms with E-state index in [1.54, 1.807) is 24.4 Å². The van der Waals surface area contributed by atoms with Crippen LogP contribution in [0.15, 0.2) is 60.9 Å². The third kappa shape index (κ3) is 6.67. The summed E-state index contributed by atoms with van der Waals surface area (Å²) in [6.07, 6.45) is 7.80. The van der Waals surface area contributed by atoms with Crippen molar-refractivity contribution in [3.8, 4) is 11.5 Å². The molecule has 178 valence electrons. The van der Waals surface area contributed by atoms with E-state index >= 15 is 0 Å². The topological polar surface area (TPSA) is 88.5 Å². The zero-order chi connectivity index (χ0) is 24.3. The lowest BCUT2D eigenvalue weighted by atomic mass is 10.0. The van der Waals surface area contributed by atoms with Crippen molar-refractivity contribution in [2.24, 2.45) is 0 Å². The number of nitrogens with one attached hydrogen (secondary N) is 1.